The summed E-state index contributed by atoms with van der Waals surface area (Å²) in [6.07, 6.45) is 1.52. The average molecular weight is 328 g/mol. The quantitative estimate of drug-likeness (QED) is 0.914. The van der Waals surface area contributed by atoms with Crippen molar-refractivity contribution >= 4 is 28.8 Å². The molecule has 2 heterocycles. The van der Waals surface area contributed by atoms with E-state index < -0.39 is 0 Å². The van der Waals surface area contributed by atoms with E-state index in [0.29, 0.717) is 24.4 Å². The second-order valence-electron chi connectivity index (χ2n) is 5.86. The van der Waals surface area contributed by atoms with Crippen LogP contribution in [0, 0.1) is 0 Å². The molecule has 1 aliphatic heterocycles. The standard InChI is InChI=1S/C18H20N2O2S/c1-13(15-8-10-23-12-15)11-19-18(22)14-4-6-16(7-5-14)20-9-2-3-17(20)21/h4-8,10,12-13H,2-3,9,11H2,1H3,(H,19,22)/t13-/m0/s1. The Hall–Kier alpha value is -2.14. The Bertz CT molecular complexity index is 680. The first kappa shape index (κ1) is 15.7. The number of rotatable bonds is 5. The lowest BCUT2D eigenvalue weighted by atomic mass is 10.1. The molecule has 1 aromatic heterocycles. The maximum absolute atomic E-state index is 12.2. The minimum absolute atomic E-state index is 0.0774. The van der Waals surface area contributed by atoms with Crippen LogP contribution in [0.15, 0.2) is 41.1 Å². The van der Waals surface area contributed by atoms with Gasteiger partial charge in [0.15, 0.2) is 0 Å². The van der Waals surface area contributed by atoms with Gasteiger partial charge in [-0.25, -0.2) is 0 Å². The molecule has 1 aromatic carbocycles. The van der Waals surface area contributed by atoms with Crippen molar-refractivity contribution < 1.29 is 9.59 Å². The molecule has 0 spiro atoms. The number of hydrogen-bond donors (Lipinski definition) is 1. The van der Waals surface area contributed by atoms with Crippen molar-refractivity contribution in [2.45, 2.75) is 25.7 Å². The number of nitrogens with one attached hydrogen (secondary N) is 1. The molecule has 0 bridgehead atoms. The zero-order chi connectivity index (χ0) is 16.2. The summed E-state index contributed by atoms with van der Waals surface area (Å²) in [5, 5.41) is 7.13. The summed E-state index contributed by atoms with van der Waals surface area (Å²) in [6.45, 7) is 3.48. The van der Waals surface area contributed by atoms with E-state index in [9.17, 15) is 9.59 Å². The van der Waals surface area contributed by atoms with Gasteiger partial charge >= 0.3 is 0 Å². The second-order valence-corrected chi connectivity index (χ2v) is 6.64. The lowest BCUT2D eigenvalue weighted by molar-refractivity contribution is -0.117. The normalized spacial score (nSPS) is 15.7. The summed E-state index contributed by atoms with van der Waals surface area (Å²) < 4.78 is 0. The van der Waals surface area contributed by atoms with E-state index in [-0.39, 0.29) is 11.8 Å². The third-order valence-electron chi connectivity index (χ3n) is 4.20. The Kier molecular flexibility index (Phi) is 4.76. The van der Waals surface area contributed by atoms with Crippen LogP contribution in [-0.2, 0) is 4.79 Å². The number of hydrogen-bond acceptors (Lipinski definition) is 3. The van der Waals surface area contributed by atoms with Crippen LogP contribution in [0.25, 0.3) is 0 Å². The van der Waals surface area contributed by atoms with Crippen molar-refractivity contribution in [3.8, 4) is 0 Å². The summed E-state index contributed by atoms with van der Waals surface area (Å²) in [6, 6.07) is 9.35. The summed E-state index contributed by atoms with van der Waals surface area (Å²) in [4.78, 5) is 25.7. The number of carbonyl (C=O) groups excluding carboxylic acids is 2. The van der Waals surface area contributed by atoms with Crippen LogP contribution in [0.3, 0.4) is 0 Å². The van der Waals surface area contributed by atoms with Gasteiger partial charge in [0.25, 0.3) is 5.91 Å². The van der Waals surface area contributed by atoms with Gasteiger partial charge in [-0.05, 0) is 59.0 Å². The van der Waals surface area contributed by atoms with Crippen molar-refractivity contribution in [1.29, 1.82) is 0 Å². The van der Waals surface area contributed by atoms with Gasteiger partial charge in [-0.1, -0.05) is 6.92 Å². The monoisotopic (exact) mass is 328 g/mol. The molecule has 0 unspecified atom stereocenters. The number of amides is 2. The molecule has 23 heavy (non-hydrogen) atoms. The largest absolute Gasteiger partial charge is 0.351 e. The number of benzene rings is 1. The molecule has 0 radical (unpaired) electrons. The second kappa shape index (κ2) is 6.96. The van der Waals surface area contributed by atoms with Gasteiger partial charge in [0.1, 0.15) is 0 Å². The zero-order valence-corrected chi connectivity index (χ0v) is 13.9. The molecule has 4 nitrogen and oxygen atoms in total. The van der Waals surface area contributed by atoms with E-state index in [2.05, 4.69) is 23.7 Å². The van der Waals surface area contributed by atoms with E-state index in [0.717, 1.165) is 18.7 Å². The third kappa shape index (κ3) is 3.62. The number of carbonyl (C=O) groups is 2. The van der Waals surface area contributed by atoms with E-state index in [1.807, 2.05) is 17.5 Å². The third-order valence-corrected chi connectivity index (χ3v) is 4.90. The van der Waals surface area contributed by atoms with Crippen LogP contribution < -0.4 is 10.2 Å². The molecule has 0 saturated carbocycles. The Morgan fingerprint density at radius 3 is 2.70 bits per heavy atom. The fourth-order valence-electron chi connectivity index (χ4n) is 2.74. The Morgan fingerprint density at radius 2 is 2.09 bits per heavy atom. The summed E-state index contributed by atoms with van der Waals surface area (Å²) in [7, 11) is 0. The highest BCUT2D eigenvalue weighted by atomic mass is 32.1. The van der Waals surface area contributed by atoms with Crippen LogP contribution in [0.5, 0.6) is 0 Å². The highest BCUT2D eigenvalue weighted by Gasteiger charge is 2.21. The van der Waals surface area contributed by atoms with Crippen molar-refractivity contribution in [2.24, 2.45) is 0 Å². The molecular weight excluding hydrogens is 308 g/mol. The maximum atomic E-state index is 12.2. The van der Waals surface area contributed by atoms with E-state index in [4.69, 9.17) is 0 Å². The van der Waals surface area contributed by atoms with Crippen molar-refractivity contribution in [3.05, 3.63) is 52.2 Å². The number of anilines is 1. The molecule has 1 atom stereocenters. The van der Waals surface area contributed by atoms with Gasteiger partial charge in [0.05, 0.1) is 0 Å². The van der Waals surface area contributed by atoms with Crippen molar-refractivity contribution in [2.75, 3.05) is 18.0 Å². The van der Waals surface area contributed by atoms with Crippen LogP contribution in [-0.4, -0.2) is 24.9 Å². The molecule has 1 saturated heterocycles. The fourth-order valence-corrected chi connectivity index (χ4v) is 3.52. The predicted molar refractivity (Wildman–Crippen MR) is 93.1 cm³/mol. The Labute approximate surface area is 140 Å². The molecule has 2 aromatic rings. The molecule has 5 heteroatoms. The topological polar surface area (TPSA) is 49.4 Å². The predicted octanol–water partition coefficient (Wildman–Crippen LogP) is 3.41. The summed E-state index contributed by atoms with van der Waals surface area (Å²) in [5.41, 5.74) is 2.74. The Morgan fingerprint density at radius 1 is 1.30 bits per heavy atom. The highest BCUT2D eigenvalue weighted by molar-refractivity contribution is 7.07. The smallest absolute Gasteiger partial charge is 0.251 e. The molecule has 1 fully saturated rings. The molecule has 120 valence electrons. The number of thiophene rings is 1. The SMILES string of the molecule is C[C@@H](CNC(=O)c1ccc(N2CCCC2=O)cc1)c1ccsc1. The van der Waals surface area contributed by atoms with Gasteiger partial charge in [0, 0.05) is 30.8 Å². The lowest BCUT2D eigenvalue weighted by Gasteiger charge is -2.16. The first-order valence-corrected chi connectivity index (χ1v) is 8.80. The lowest BCUT2D eigenvalue weighted by Crippen LogP contribution is -2.27. The molecule has 2 amide bonds. The molecule has 3 rings (SSSR count). The maximum Gasteiger partial charge on any atom is 0.251 e. The van der Waals surface area contributed by atoms with Gasteiger partial charge in [-0.3, -0.25) is 9.59 Å². The molecular formula is C18H20N2O2S. The van der Waals surface area contributed by atoms with Gasteiger partial charge in [0.2, 0.25) is 5.91 Å². The number of nitrogens with zero attached hydrogens (tertiary/aromatic N) is 1. The molecule has 1 N–H and O–H groups in total. The van der Waals surface area contributed by atoms with Crippen LogP contribution >= 0.6 is 11.3 Å². The fraction of sp³-hybridized carbons (Fsp3) is 0.333. The van der Waals surface area contributed by atoms with Crippen LogP contribution in [0.1, 0.15) is 41.6 Å². The van der Waals surface area contributed by atoms with E-state index in [1.54, 1.807) is 28.4 Å². The summed E-state index contributed by atoms with van der Waals surface area (Å²) >= 11 is 1.67. The molecule has 0 aliphatic carbocycles. The molecule has 1 aliphatic rings. The average Bonchev–Trinajstić information content (AvgIpc) is 3.24. The first-order chi connectivity index (χ1) is 11.1. The zero-order valence-electron chi connectivity index (χ0n) is 13.1. The van der Waals surface area contributed by atoms with Crippen LogP contribution in [0.2, 0.25) is 0 Å². The van der Waals surface area contributed by atoms with E-state index >= 15 is 0 Å². The first-order valence-electron chi connectivity index (χ1n) is 7.86. The van der Waals surface area contributed by atoms with Crippen molar-refractivity contribution in [1.82, 2.24) is 5.32 Å². The minimum atomic E-state index is -0.0774. The highest BCUT2D eigenvalue weighted by Crippen LogP contribution is 2.22. The van der Waals surface area contributed by atoms with Crippen LogP contribution in [0.4, 0.5) is 5.69 Å². The van der Waals surface area contributed by atoms with Gasteiger partial charge < -0.3 is 10.2 Å². The van der Waals surface area contributed by atoms with Gasteiger partial charge in [-0.2, -0.15) is 11.3 Å². The Balaban J connectivity index is 1.58. The van der Waals surface area contributed by atoms with E-state index in [1.165, 1.54) is 5.56 Å². The summed E-state index contributed by atoms with van der Waals surface area (Å²) in [5.74, 6) is 0.380. The van der Waals surface area contributed by atoms with Gasteiger partial charge in [-0.15, -0.1) is 0 Å². The van der Waals surface area contributed by atoms with Crippen molar-refractivity contribution in [3.63, 3.8) is 0 Å². The minimum Gasteiger partial charge on any atom is -0.351 e.